The van der Waals surface area contributed by atoms with E-state index in [4.69, 9.17) is 15.2 Å². The number of methoxy groups -OCH3 is 1. The topological polar surface area (TPSA) is 64.8 Å². The summed E-state index contributed by atoms with van der Waals surface area (Å²) in [6.07, 6.45) is 2.10. The average Bonchev–Trinajstić information content (AvgIpc) is 3.34. The maximum atomic E-state index is 13.9. The van der Waals surface area contributed by atoms with Gasteiger partial charge in [-0.25, -0.2) is 4.39 Å². The zero-order chi connectivity index (χ0) is 25.8. The van der Waals surface area contributed by atoms with E-state index in [0.717, 1.165) is 30.5 Å². The summed E-state index contributed by atoms with van der Waals surface area (Å²) in [6.45, 7) is 5.96. The van der Waals surface area contributed by atoms with Crippen LogP contribution in [0.5, 0.6) is 11.5 Å². The highest BCUT2D eigenvalue weighted by Crippen LogP contribution is 2.40. The second-order valence-electron chi connectivity index (χ2n) is 10.1. The van der Waals surface area contributed by atoms with Gasteiger partial charge >= 0.3 is 0 Å². The normalized spacial score (nSPS) is 16.6. The van der Waals surface area contributed by atoms with Crippen LogP contribution in [-0.4, -0.2) is 42.6 Å². The third-order valence-electron chi connectivity index (χ3n) is 7.45. The molecule has 1 fully saturated rings. The van der Waals surface area contributed by atoms with Crippen LogP contribution in [0.25, 0.3) is 0 Å². The molecule has 1 aliphatic heterocycles. The van der Waals surface area contributed by atoms with Crippen LogP contribution in [0.3, 0.4) is 0 Å². The number of hydrogen-bond acceptors (Lipinski definition) is 4. The fourth-order valence-electron chi connectivity index (χ4n) is 5.25. The molecule has 0 aliphatic carbocycles. The van der Waals surface area contributed by atoms with Crippen molar-refractivity contribution in [2.45, 2.75) is 50.2 Å². The maximum absolute atomic E-state index is 13.9. The third-order valence-corrected chi connectivity index (χ3v) is 7.45. The minimum Gasteiger partial charge on any atom is -0.497 e. The van der Waals surface area contributed by atoms with Crippen molar-refractivity contribution in [3.8, 4) is 11.5 Å². The highest BCUT2D eigenvalue weighted by atomic mass is 19.1. The molecule has 0 aromatic heterocycles. The second-order valence-corrected chi connectivity index (χ2v) is 10.1. The van der Waals surface area contributed by atoms with Crippen LogP contribution >= 0.6 is 0 Å². The van der Waals surface area contributed by atoms with Crippen LogP contribution in [-0.2, 0) is 10.2 Å². The number of amides is 1. The largest absolute Gasteiger partial charge is 0.497 e. The van der Waals surface area contributed by atoms with Crippen molar-refractivity contribution < 1.29 is 18.7 Å². The molecule has 6 heteroatoms. The Morgan fingerprint density at radius 2 is 1.56 bits per heavy atom. The Balaban J connectivity index is 1.51. The number of likely N-dealkylation sites (tertiary alicyclic amines) is 1. The summed E-state index contributed by atoms with van der Waals surface area (Å²) in [5.41, 5.74) is 6.83. The van der Waals surface area contributed by atoms with E-state index in [-0.39, 0.29) is 23.4 Å². The van der Waals surface area contributed by atoms with Crippen molar-refractivity contribution in [2.75, 3.05) is 20.2 Å². The van der Waals surface area contributed by atoms with Gasteiger partial charge < -0.3 is 15.2 Å². The molecule has 4 rings (SSSR count). The molecule has 190 valence electrons. The van der Waals surface area contributed by atoms with Crippen molar-refractivity contribution >= 4 is 5.91 Å². The smallest absolute Gasteiger partial charge is 0.232 e. The molecule has 0 unspecified atom stereocenters. The molecule has 1 amide bonds. The van der Waals surface area contributed by atoms with Crippen molar-refractivity contribution in [1.82, 2.24) is 4.90 Å². The highest BCUT2D eigenvalue weighted by Gasteiger charge is 2.43. The lowest BCUT2D eigenvalue weighted by molar-refractivity contribution is -0.122. The summed E-state index contributed by atoms with van der Waals surface area (Å²) in [7, 11) is 1.51. The zero-order valence-corrected chi connectivity index (χ0v) is 21.2. The van der Waals surface area contributed by atoms with E-state index in [9.17, 15) is 9.18 Å². The van der Waals surface area contributed by atoms with Gasteiger partial charge in [0, 0.05) is 36.8 Å². The zero-order valence-electron chi connectivity index (χ0n) is 21.2. The summed E-state index contributed by atoms with van der Waals surface area (Å²) in [6, 6.07) is 24.1. The Bertz CT molecular complexity index is 1130. The number of benzene rings is 3. The van der Waals surface area contributed by atoms with E-state index in [1.807, 2.05) is 60.7 Å². The van der Waals surface area contributed by atoms with E-state index >= 15 is 0 Å². The lowest BCUT2D eigenvalue weighted by atomic mass is 9.69. The third kappa shape index (κ3) is 5.39. The van der Waals surface area contributed by atoms with Gasteiger partial charge in [0.25, 0.3) is 0 Å². The molecule has 2 N–H and O–H groups in total. The van der Waals surface area contributed by atoms with E-state index < -0.39 is 5.41 Å². The first kappa shape index (κ1) is 25.7. The Labute approximate surface area is 213 Å². The number of rotatable bonds is 10. The number of hydrogen-bond donors (Lipinski definition) is 1. The average molecular weight is 491 g/mol. The van der Waals surface area contributed by atoms with Crippen LogP contribution < -0.4 is 15.2 Å². The van der Waals surface area contributed by atoms with E-state index in [1.54, 1.807) is 6.07 Å². The summed E-state index contributed by atoms with van der Waals surface area (Å²) in [5.74, 6) is 0.171. The quantitative estimate of drug-likeness (QED) is 0.418. The van der Waals surface area contributed by atoms with Crippen LogP contribution in [0.4, 0.5) is 4.39 Å². The van der Waals surface area contributed by atoms with Gasteiger partial charge in [0.2, 0.25) is 5.91 Å². The predicted molar refractivity (Wildman–Crippen MR) is 140 cm³/mol. The van der Waals surface area contributed by atoms with Gasteiger partial charge in [-0.05, 0) is 44.2 Å². The number of nitrogens with zero attached hydrogens (tertiary/aromatic N) is 1. The predicted octanol–water partition coefficient (Wildman–Crippen LogP) is 5.32. The van der Waals surface area contributed by atoms with Crippen LogP contribution in [0.2, 0.25) is 0 Å². The number of halogens is 1. The molecule has 0 radical (unpaired) electrons. The van der Waals surface area contributed by atoms with Gasteiger partial charge in [-0.1, -0.05) is 60.7 Å². The molecule has 36 heavy (non-hydrogen) atoms. The van der Waals surface area contributed by atoms with Crippen molar-refractivity contribution in [2.24, 2.45) is 5.73 Å². The summed E-state index contributed by atoms with van der Waals surface area (Å²) < 4.78 is 25.2. The summed E-state index contributed by atoms with van der Waals surface area (Å²) in [5, 5.41) is 0. The molecule has 0 bridgehead atoms. The summed E-state index contributed by atoms with van der Waals surface area (Å²) >= 11 is 0. The first-order valence-electron chi connectivity index (χ1n) is 12.4. The second kappa shape index (κ2) is 10.7. The van der Waals surface area contributed by atoms with Gasteiger partial charge in [0.1, 0.15) is 23.4 Å². The molecule has 3 aromatic carbocycles. The Hall–Kier alpha value is -3.38. The van der Waals surface area contributed by atoms with E-state index in [1.165, 1.54) is 19.2 Å². The monoisotopic (exact) mass is 490 g/mol. The molecule has 5 nitrogen and oxygen atoms in total. The van der Waals surface area contributed by atoms with Gasteiger partial charge in [-0.2, -0.15) is 0 Å². The Kier molecular flexibility index (Phi) is 7.65. The van der Waals surface area contributed by atoms with E-state index in [0.29, 0.717) is 24.5 Å². The first-order valence-corrected chi connectivity index (χ1v) is 12.4. The molecule has 1 aliphatic rings. The van der Waals surface area contributed by atoms with Crippen LogP contribution in [0, 0.1) is 5.82 Å². The fraction of sp³-hybridized carbons (Fsp3) is 0.367. The number of primary amides is 1. The number of carbonyl (C=O) groups is 1. The number of ether oxygens (including phenoxy) is 2. The standard InChI is InChI=1S/C30H35FN2O3/c1-29(2,33-17-14-25(21-33)36-27-19-24(31)18-26(20-27)35-3)15-16-30(28(32)34,22-10-6-4-7-11-22)23-12-8-5-9-13-23/h4-13,18-20,25H,14-17,21H2,1-3H3,(H2,32,34)/t25-/m0/s1. The maximum Gasteiger partial charge on any atom is 0.232 e. The lowest BCUT2D eigenvalue weighted by Crippen LogP contribution is -2.47. The number of nitrogens with two attached hydrogens (primary N) is 1. The summed E-state index contributed by atoms with van der Waals surface area (Å²) in [4.78, 5) is 15.5. The van der Waals surface area contributed by atoms with Crippen LogP contribution in [0.15, 0.2) is 78.9 Å². The van der Waals surface area contributed by atoms with Gasteiger partial charge in [-0.15, -0.1) is 0 Å². The minimum atomic E-state index is -0.923. The molecule has 1 heterocycles. The minimum absolute atomic E-state index is 0.0556. The fourth-order valence-corrected chi connectivity index (χ4v) is 5.25. The highest BCUT2D eigenvalue weighted by molar-refractivity contribution is 5.90. The molecule has 1 atom stereocenters. The molecule has 1 saturated heterocycles. The van der Waals surface area contributed by atoms with Crippen molar-refractivity contribution in [3.63, 3.8) is 0 Å². The van der Waals surface area contributed by atoms with Gasteiger partial charge in [-0.3, -0.25) is 9.69 Å². The first-order chi connectivity index (χ1) is 17.2. The molecule has 3 aromatic rings. The SMILES string of the molecule is COc1cc(F)cc(O[C@H]2CCN(C(C)(C)CCC(C(N)=O)(c3ccccc3)c3ccccc3)C2)c1. The molecule has 0 saturated carbocycles. The Morgan fingerprint density at radius 1 is 0.972 bits per heavy atom. The van der Waals surface area contributed by atoms with Gasteiger partial charge in [0.15, 0.2) is 0 Å². The molecular formula is C30H35FN2O3. The van der Waals surface area contributed by atoms with Crippen molar-refractivity contribution in [3.05, 3.63) is 95.8 Å². The Morgan fingerprint density at radius 3 is 2.11 bits per heavy atom. The van der Waals surface area contributed by atoms with Gasteiger partial charge in [0.05, 0.1) is 12.5 Å². The molecule has 0 spiro atoms. The number of carbonyl (C=O) groups excluding carboxylic acids is 1. The van der Waals surface area contributed by atoms with Crippen LogP contribution in [0.1, 0.15) is 44.2 Å². The lowest BCUT2D eigenvalue weighted by Gasteiger charge is -2.40. The molecular weight excluding hydrogens is 455 g/mol. The van der Waals surface area contributed by atoms with Crippen molar-refractivity contribution in [1.29, 1.82) is 0 Å². The van der Waals surface area contributed by atoms with E-state index in [2.05, 4.69) is 18.7 Å².